The lowest BCUT2D eigenvalue weighted by Gasteiger charge is -2.23. The van der Waals surface area contributed by atoms with Gasteiger partial charge in [-0.3, -0.25) is 0 Å². The van der Waals surface area contributed by atoms with Crippen molar-refractivity contribution in [3.63, 3.8) is 0 Å². The van der Waals surface area contributed by atoms with Crippen LogP contribution in [0.1, 0.15) is 0 Å². The van der Waals surface area contributed by atoms with E-state index in [2.05, 4.69) is 255 Å². The van der Waals surface area contributed by atoms with Gasteiger partial charge in [0.1, 0.15) is 0 Å². The monoisotopic (exact) mass is 786 g/mol. The van der Waals surface area contributed by atoms with Gasteiger partial charge in [0, 0.05) is 0 Å². The Labute approximate surface area is 363 Å². The predicted molar refractivity (Wildman–Crippen MR) is 265 cm³/mol. The van der Waals surface area contributed by atoms with Crippen LogP contribution in [-0.4, -0.2) is 0 Å². The molecule has 0 saturated heterocycles. The third-order valence-corrected chi connectivity index (χ3v) is 12.3. The fraction of sp³-hybridized carbons (Fsp3) is 0. The summed E-state index contributed by atoms with van der Waals surface area (Å²) >= 11 is 0. The van der Waals surface area contributed by atoms with Crippen molar-refractivity contribution in [3.05, 3.63) is 255 Å². The van der Waals surface area contributed by atoms with E-state index < -0.39 is 0 Å². The summed E-state index contributed by atoms with van der Waals surface area (Å²) in [5.41, 5.74) is 19.2. The normalized spacial score (nSPS) is 11.2. The fourth-order valence-electron chi connectivity index (χ4n) is 9.29. The van der Waals surface area contributed by atoms with Crippen molar-refractivity contribution in [2.75, 3.05) is 0 Å². The Morgan fingerprint density at radius 3 is 0.710 bits per heavy atom. The van der Waals surface area contributed by atoms with Crippen molar-refractivity contribution < 1.29 is 0 Å². The minimum atomic E-state index is 1.19. The van der Waals surface area contributed by atoms with Crippen LogP contribution < -0.4 is 0 Å². The van der Waals surface area contributed by atoms with Crippen molar-refractivity contribution in [1.29, 1.82) is 0 Å². The lowest BCUT2D eigenvalue weighted by Crippen LogP contribution is -1.96. The van der Waals surface area contributed by atoms with E-state index in [0.717, 1.165) is 0 Å². The molecule has 0 unspecified atom stereocenters. The first-order valence-corrected chi connectivity index (χ1v) is 21.4. The molecule has 0 N–H and O–H groups in total. The summed E-state index contributed by atoms with van der Waals surface area (Å²) in [6.07, 6.45) is 0. The molecule has 0 heteroatoms. The maximum absolute atomic E-state index is 2.44. The van der Waals surface area contributed by atoms with Crippen LogP contribution in [0.5, 0.6) is 0 Å². The van der Waals surface area contributed by atoms with E-state index >= 15 is 0 Å². The number of fused-ring (bicyclic) bond motifs is 2. The van der Waals surface area contributed by atoms with Gasteiger partial charge in [-0.15, -0.1) is 0 Å². The number of hydrogen-bond acceptors (Lipinski definition) is 0. The Bertz CT molecular complexity index is 3110. The van der Waals surface area contributed by atoms with Crippen molar-refractivity contribution in [1.82, 2.24) is 0 Å². The number of rotatable bonds is 8. The van der Waals surface area contributed by atoms with Gasteiger partial charge in [0.05, 0.1) is 0 Å². The molecule has 11 aromatic carbocycles. The fourth-order valence-corrected chi connectivity index (χ4v) is 9.29. The van der Waals surface area contributed by atoms with Gasteiger partial charge in [-0.05, 0) is 135 Å². The molecule has 0 spiro atoms. The predicted octanol–water partition coefficient (Wildman–Crippen LogP) is 17.3. The first-order valence-electron chi connectivity index (χ1n) is 21.4. The summed E-state index contributed by atoms with van der Waals surface area (Å²) in [6, 6.07) is 93.2. The average Bonchev–Trinajstić information content (AvgIpc) is 3.36. The van der Waals surface area contributed by atoms with E-state index in [4.69, 9.17) is 0 Å². The summed E-state index contributed by atoms with van der Waals surface area (Å²) < 4.78 is 0. The highest BCUT2D eigenvalue weighted by molar-refractivity contribution is 6.24. The largest absolute Gasteiger partial charge is 0.0622 e. The van der Waals surface area contributed by atoms with Crippen molar-refractivity contribution in [3.8, 4) is 89.0 Å². The van der Waals surface area contributed by atoms with Crippen molar-refractivity contribution >= 4 is 21.5 Å². The number of hydrogen-bond donors (Lipinski definition) is 0. The third-order valence-electron chi connectivity index (χ3n) is 12.3. The molecule has 0 nitrogen and oxygen atoms in total. The van der Waals surface area contributed by atoms with Gasteiger partial charge in [-0.25, -0.2) is 0 Å². The quantitative estimate of drug-likeness (QED) is 0.135. The van der Waals surface area contributed by atoms with Crippen LogP contribution in [0.3, 0.4) is 0 Å². The van der Waals surface area contributed by atoms with Gasteiger partial charge in [0.25, 0.3) is 0 Å². The molecule has 0 fully saturated rings. The van der Waals surface area contributed by atoms with Crippen LogP contribution in [0, 0.1) is 0 Å². The summed E-state index contributed by atoms with van der Waals surface area (Å²) in [5.74, 6) is 0. The standard InChI is InChI=1S/C62H42/c1-7-19-43(20-8-1)49-31-35-53(57(39-49)47-27-15-5-16-28-47)61-55-37-33-52(46-25-13-4-14-26-46)42-60(55)62(56-38-34-51(41-59(56)61)45-23-11-3-12-24-45)54-36-32-50(44-21-9-2-10-22-44)40-58(54)48-29-17-6-18-30-48/h1-42H. The highest BCUT2D eigenvalue weighted by atomic mass is 14.3. The SMILES string of the molecule is c1ccc(-c2ccc(-c3c4ccc(-c5ccccc5)cc4c(-c4ccc(-c5ccccc5)cc4-c4ccccc4)c4ccc(-c5ccccc5)cc34)c(-c3ccccc3)c2)cc1. The summed E-state index contributed by atoms with van der Waals surface area (Å²) in [6.45, 7) is 0. The van der Waals surface area contributed by atoms with Gasteiger partial charge in [-0.1, -0.05) is 231 Å². The van der Waals surface area contributed by atoms with Gasteiger partial charge in [-0.2, -0.15) is 0 Å². The smallest absolute Gasteiger partial charge is 0.00199 e. The molecule has 0 bridgehead atoms. The summed E-state index contributed by atoms with van der Waals surface area (Å²) in [5, 5.41) is 4.87. The van der Waals surface area contributed by atoms with E-state index in [9.17, 15) is 0 Å². The molecule has 0 aromatic heterocycles. The molecule has 0 radical (unpaired) electrons. The molecule has 11 aromatic rings. The topological polar surface area (TPSA) is 0 Å². The molecule has 290 valence electrons. The molecule has 0 aliphatic rings. The molecule has 0 atom stereocenters. The van der Waals surface area contributed by atoms with Crippen LogP contribution in [-0.2, 0) is 0 Å². The molecule has 0 aliphatic carbocycles. The maximum Gasteiger partial charge on any atom is -0.00199 e. The van der Waals surface area contributed by atoms with Gasteiger partial charge in [0.2, 0.25) is 0 Å². The summed E-state index contributed by atoms with van der Waals surface area (Å²) in [7, 11) is 0. The van der Waals surface area contributed by atoms with Crippen molar-refractivity contribution in [2.24, 2.45) is 0 Å². The lowest BCUT2D eigenvalue weighted by molar-refractivity contribution is 1.57. The average molecular weight is 787 g/mol. The second kappa shape index (κ2) is 16.2. The van der Waals surface area contributed by atoms with Crippen LogP contribution in [0.15, 0.2) is 255 Å². The lowest BCUT2D eigenvalue weighted by atomic mass is 9.80. The second-order valence-electron chi connectivity index (χ2n) is 16.0. The zero-order valence-corrected chi connectivity index (χ0v) is 34.2. The Hall–Kier alpha value is -8.06. The van der Waals surface area contributed by atoms with Crippen molar-refractivity contribution in [2.45, 2.75) is 0 Å². The van der Waals surface area contributed by atoms with E-state index in [1.165, 1.54) is 111 Å². The summed E-state index contributed by atoms with van der Waals surface area (Å²) in [4.78, 5) is 0. The maximum atomic E-state index is 2.44. The molecule has 62 heavy (non-hydrogen) atoms. The molecule has 0 amide bonds. The van der Waals surface area contributed by atoms with Gasteiger partial charge < -0.3 is 0 Å². The molecule has 0 saturated carbocycles. The van der Waals surface area contributed by atoms with Crippen LogP contribution in [0.25, 0.3) is 111 Å². The number of benzene rings is 11. The highest BCUT2D eigenvalue weighted by Crippen LogP contribution is 2.50. The molecular weight excluding hydrogens is 745 g/mol. The van der Waals surface area contributed by atoms with Crippen LogP contribution >= 0.6 is 0 Å². The molecule has 11 rings (SSSR count). The Morgan fingerprint density at radius 2 is 0.403 bits per heavy atom. The van der Waals surface area contributed by atoms with E-state index in [1.807, 2.05) is 0 Å². The Balaban J connectivity index is 1.29. The van der Waals surface area contributed by atoms with E-state index in [-0.39, 0.29) is 0 Å². The zero-order valence-electron chi connectivity index (χ0n) is 34.2. The molecular formula is C62H42. The Morgan fingerprint density at radius 1 is 0.145 bits per heavy atom. The first kappa shape index (κ1) is 37.0. The van der Waals surface area contributed by atoms with Crippen LogP contribution in [0.2, 0.25) is 0 Å². The second-order valence-corrected chi connectivity index (χ2v) is 16.0. The minimum absolute atomic E-state index is 1.19. The zero-order chi connectivity index (χ0) is 41.2. The molecule has 0 aliphatic heterocycles. The van der Waals surface area contributed by atoms with E-state index in [1.54, 1.807) is 0 Å². The van der Waals surface area contributed by atoms with Crippen LogP contribution in [0.4, 0.5) is 0 Å². The van der Waals surface area contributed by atoms with Gasteiger partial charge >= 0.3 is 0 Å². The minimum Gasteiger partial charge on any atom is -0.0622 e. The first-order chi connectivity index (χ1) is 30.8. The van der Waals surface area contributed by atoms with E-state index in [0.29, 0.717) is 0 Å². The third kappa shape index (κ3) is 6.88. The Kier molecular flexibility index (Phi) is 9.65. The highest BCUT2D eigenvalue weighted by Gasteiger charge is 2.23. The van der Waals surface area contributed by atoms with Gasteiger partial charge in [0.15, 0.2) is 0 Å². The molecule has 0 heterocycles.